The van der Waals surface area contributed by atoms with Gasteiger partial charge in [-0.15, -0.1) is 0 Å². The number of nitrogens with one attached hydrogen (secondary N) is 1. The first-order valence-electron chi connectivity index (χ1n) is 7.59. The Labute approximate surface area is 126 Å². The summed E-state index contributed by atoms with van der Waals surface area (Å²) in [7, 11) is 0. The third-order valence-corrected chi connectivity index (χ3v) is 3.64. The fraction of sp³-hybridized carbons (Fsp3) is 0.733. The number of carbonyl (C=O) groups is 1. The highest BCUT2D eigenvalue weighted by Crippen LogP contribution is 2.09. The van der Waals surface area contributed by atoms with Gasteiger partial charge in [0.05, 0.1) is 17.9 Å². The van der Waals surface area contributed by atoms with Crippen molar-refractivity contribution in [2.75, 3.05) is 26.2 Å². The molecule has 0 saturated carbocycles. The number of amides is 1. The van der Waals surface area contributed by atoms with Crippen LogP contribution in [-0.2, 0) is 16.1 Å². The molecule has 2 atom stereocenters. The summed E-state index contributed by atoms with van der Waals surface area (Å²) in [6, 6.07) is 1.98. The van der Waals surface area contributed by atoms with Crippen molar-refractivity contribution in [3.63, 3.8) is 0 Å². The van der Waals surface area contributed by atoms with Crippen LogP contribution in [0.15, 0.2) is 6.07 Å². The van der Waals surface area contributed by atoms with Crippen LogP contribution in [-0.4, -0.2) is 59.0 Å². The topological polar surface area (TPSA) is 59.4 Å². The summed E-state index contributed by atoms with van der Waals surface area (Å²) in [6.45, 7) is 11.7. The molecule has 21 heavy (non-hydrogen) atoms. The van der Waals surface area contributed by atoms with Gasteiger partial charge in [-0.1, -0.05) is 0 Å². The van der Waals surface area contributed by atoms with Crippen molar-refractivity contribution in [1.82, 2.24) is 20.0 Å². The van der Waals surface area contributed by atoms with Gasteiger partial charge in [0.2, 0.25) is 5.91 Å². The van der Waals surface area contributed by atoms with Gasteiger partial charge in [0.1, 0.15) is 6.54 Å². The van der Waals surface area contributed by atoms with E-state index in [4.69, 9.17) is 4.74 Å². The van der Waals surface area contributed by atoms with Crippen LogP contribution in [0.5, 0.6) is 0 Å². The maximum atomic E-state index is 11.9. The predicted molar refractivity (Wildman–Crippen MR) is 81.2 cm³/mol. The fourth-order valence-corrected chi connectivity index (χ4v) is 2.85. The lowest BCUT2D eigenvalue weighted by Gasteiger charge is -2.35. The van der Waals surface area contributed by atoms with Gasteiger partial charge in [-0.05, 0) is 33.8 Å². The van der Waals surface area contributed by atoms with E-state index in [1.54, 1.807) is 4.68 Å². The zero-order valence-electron chi connectivity index (χ0n) is 13.4. The summed E-state index contributed by atoms with van der Waals surface area (Å²) in [4.78, 5) is 14.3. The van der Waals surface area contributed by atoms with Gasteiger partial charge >= 0.3 is 0 Å². The fourth-order valence-electron chi connectivity index (χ4n) is 2.85. The van der Waals surface area contributed by atoms with Crippen LogP contribution in [0.25, 0.3) is 0 Å². The molecule has 1 aliphatic heterocycles. The van der Waals surface area contributed by atoms with E-state index < -0.39 is 0 Å². The van der Waals surface area contributed by atoms with E-state index >= 15 is 0 Å². The molecule has 2 heterocycles. The smallest absolute Gasteiger partial charge is 0.241 e. The van der Waals surface area contributed by atoms with E-state index in [-0.39, 0.29) is 24.7 Å². The zero-order chi connectivity index (χ0) is 15.4. The Balaban J connectivity index is 1.71. The SMILES string of the molecule is Cc1cc(C)n(CC(=O)NCCN2C[C@@H](C)O[C@H](C)C2)n1. The molecule has 1 N–H and O–H groups in total. The molecular formula is C15H26N4O2. The molecule has 0 radical (unpaired) electrons. The molecule has 6 nitrogen and oxygen atoms in total. The minimum absolute atomic E-state index is 0.00977. The van der Waals surface area contributed by atoms with E-state index in [0.717, 1.165) is 31.0 Å². The number of carbonyl (C=O) groups excluding carboxylic acids is 1. The molecule has 1 aromatic heterocycles. The maximum absolute atomic E-state index is 11.9. The average molecular weight is 294 g/mol. The largest absolute Gasteiger partial charge is 0.373 e. The predicted octanol–water partition coefficient (Wildman–Crippen LogP) is 0.725. The average Bonchev–Trinajstić information content (AvgIpc) is 2.66. The quantitative estimate of drug-likeness (QED) is 0.869. The minimum Gasteiger partial charge on any atom is -0.373 e. The normalized spacial score (nSPS) is 23.2. The van der Waals surface area contributed by atoms with Gasteiger partial charge in [0.15, 0.2) is 0 Å². The number of hydrogen-bond donors (Lipinski definition) is 1. The lowest BCUT2D eigenvalue weighted by atomic mass is 10.2. The van der Waals surface area contributed by atoms with Gasteiger partial charge in [-0.25, -0.2) is 0 Å². The van der Waals surface area contributed by atoms with Crippen LogP contribution in [0.3, 0.4) is 0 Å². The number of ether oxygens (including phenoxy) is 1. The van der Waals surface area contributed by atoms with Crippen LogP contribution in [0.1, 0.15) is 25.2 Å². The second kappa shape index (κ2) is 7.04. The highest BCUT2D eigenvalue weighted by molar-refractivity contribution is 5.75. The number of hydrogen-bond acceptors (Lipinski definition) is 4. The lowest BCUT2D eigenvalue weighted by Crippen LogP contribution is -2.48. The number of nitrogens with zero attached hydrogens (tertiary/aromatic N) is 3. The molecular weight excluding hydrogens is 268 g/mol. The van der Waals surface area contributed by atoms with Gasteiger partial charge in [-0.2, -0.15) is 5.10 Å². The lowest BCUT2D eigenvalue weighted by molar-refractivity contribution is -0.122. The summed E-state index contributed by atoms with van der Waals surface area (Å²) in [5.74, 6) is 0.00977. The van der Waals surface area contributed by atoms with Gasteiger partial charge in [0.25, 0.3) is 0 Å². The van der Waals surface area contributed by atoms with Crippen LogP contribution in [0.4, 0.5) is 0 Å². The van der Waals surface area contributed by atoms with E-state index in [1.807, 2.05) is 19.9 Å². The van der Waals surface area contributed by atoms with Crippen molar-refractivity contribution in [2.45, 2.75) is 46.4 Å². The van der Waals surface area contributed by atoms with Gasteiger partial charge < -0.3 is 10.1 Å². The Morgan fingerprint density at radius 1 is 1.38 bits per heavy atom. The van der Waals surface area contributed by atoms with Crippen molar-refractivity contribution in [2.24, 2.45) is 0 Å². The number of morpholine rings is 1. The highest BCUT2D eigenvalue weighted by Gasteiger charge is 2.21. The Hall–Kier alpha value is -1.40. The molecule has 0 spiro atoms. The maximum Gasteiger partial charge on any atom is 0.241 e. The van der Waals surface area contributed by atoms with E-state index in [2.05, 4.69) is 29.2 Å². The van der Waals surface area contributed by atoms with Gasteiger partial charge in [0, 0.05) is 31.9 Å². The number of rotatable bonds is 5. The molecule has 1 aromatic rings. The second-order valence-corrected chi connectivity index (χ2v) is 5.95. The van der Waals surface area contributed by atoms with E-state index in [9.17, 15) is 4.79 Å². The van der Waals surface area contributed by atoms with Gasteiger partial charge in [-0.3, -0.25) is 14.4 Å². The van der Waals surface area contributed by atoms with Crippen LogP contribution in [0, 0.1) is 13.8 Å². The molecule has 0 unspecified atom stereocenters. The summed E-state index contributed by atoms with van der Waals surface area (Å²) in [5.41, 5.74) is 1.95. The third kappa shape index (κ3) is 4.82. The van der Waals surface area contributed by atoms with Crippen molar-refractivity contribution in [3.8, 4) is 0 Å². The van der Waals surface area contributed by atoms with E-state index in [1.165, 1.54) is 0 Å². The molecule has 0 aromatic carbocycles. The summed E-state index contributed by atoms with van der Waals surface area (Å²) in [6.07, 6.45) is 0.526. The molecule has 2 rings (SSSR count). The Bertz CT molecular complexity index is 476. The molecule has 1 amide bonds. The van der Waals surface area contributed by atoms with Crippen molar-refractivity contribution in [3.05, 3.63) is 17.5 Å². The highest BCUT2D eigenvalue weighted by atomic mass is 16.5. The van der Waals surface area contributed by atoms with Crippen molar-refractivity contribution < 1.29 is 9.53 Å². The standard InChI is InChI=1S/C15H26N4O2/c1-11-7-12(2)19(17-11)10-15(20)16-5-6-18-8-13(3)21-14(4)9-18/h7,13-14H,5-6,8-10H2,1-4H3,(H,16,20)/t13-,14-/m1/s1. The Morgan fingerprint density at radius 2 is 2.05 bits per heavy atom. The van der Waals surface area contributed by atoms with Crippen molar-refractivity contribution in [1.29, 1.82) is 0 Å². The van der Waals surface area contributed by atoms with Crippen molar-refractivity contribution >= 4 is 5.91 Å². The first-order valence-corrected chi connectivity index (χ1v) is 7.59. The number of aromatic nitrogens is 2. The summed E-state index contributed by atoms with van der Waals surface area (Å²) < 4.78 is 7.44. The summed E-state index contributed by atoms with van der Waals surface area (Å²) >= 11 is 0. The molecule has 6 heteroatoms. The van der Waals surface area contributed by atoms with Crippen LogP contribution < -0.4 is 5.32 Å². The molecule has 0 aliphatic carbocycles. The monoisotopic (exact) mass is 294 g/mol. The van der Waals surface area contributed by atoms with E-state index in [0.29, 0.717) is 6.54 Å². The second-order valence-electron chi connectivity index (χ2n) is 5.95. The molecule has 1 aliphatic rings. The number of aryl methyl sites for hydroxylation is 2. The molecule has 118 valence electrons. The van der Waals surface area contributed by atoms with Crippen LogP contribution >= 0.6 is 0 Å². The molecule has 0 bridgehead atoms. The molecule has 1 saturated heterocycles. The first-order chi connectivity index (χ1) is 9.94. The zero-order valence-corrected chi connectivity index (χ0v) is 13.4. The first kappa shape index (κ1) is 16.0. The summed E-state index contributed by atoms with van der Waals surface area (Å²) in [5, 5.41) is 7.26. The Kier molecular flexibility index (Phi) is 5.36. The molecule has 1 fully saturated rings. The van der Waals surface area contributed by atoms with Crippen LogP contribution in [0.2, 0.25) is 0 Å². The Morgan fingerprint density at radius 3 is 2.62 bits per heavy atom. The third-order valence-electron chi connectivity index (χ3n) is 3.64. The minimum atomic E-state index is 0.00977.